The average molecular weight is 418 g/mol. The van der Waals surface area contributed by atoms with Gasteiger partial charge in [0.25, 0.3) is 11.8 Å². The highest BCUT2D eigenvalue weighted by atomic mass is 32.1. The summed E-state index contributed by atoms with van der Waals surface area (Å²) < 4.78 is 2.14. The lowest BCUT2D eigenvalue weighted by Crippen LogP contribution is -2.56. The monoisotopic (exact) mass is 417 g/mol. The lowest BCUT2D eigenvalue weighted by Gasteiger charge is -2.33. The Hall–Kier alpha value is -3.25. The van der Waals surface area contributed by atoms with Crippen LogP contribution in [-0.4, -0.2) is 32.4 Å². The molecule has 0 spiro atoms. The maximum Gasteiger partial charge on any atom is 0.265 e. The second kappa shape index (κ2) is 8.24. The molecule has 6 heteroatoms. The van der Waals surface area contributed by atoms with E-state index in [4.69, 9.17) is 12.2 Å². The molecule has 0 bridgehead atoms. The topological polar surface area (TPSA) is 54.3 Å². The molecular weight excluding hydrogens is 394 g/mol. The first-order chi connectivity index (χ1) is 14.5. The molecule has 1 aliphatic heterocycles. The van der Waals surface area contributed by atoms with Crippen LogP contribution in [0.4, 0.5) is 0 Å². The van der Waals surface area contributed by atoms with E-state index < -0.39 is 5.91 Å². The summed E-state index contributed by atoms with van der Waals surface area (Å²) in [6.07, 6.45) is 4.41. The third-order valence-electron chi connectivity index (χ3n) is 5.48. The summed E-state index contributed by atoms with van der Waals surface area (Å²) in [6, 6.07) is 18.1. The van der Waals surface area contributed by atoms with Crippen LogP contribution in [0.2, 0.25) is 0 Å². The van der Waals surface area contributed by atoms with Crippen LogP contribution in [0.3, 0.4) is 0 Å². The minimum atomic E-state index is -0.454. The van der Waals surface area contributed by atoms with E-state index in [0.29, 0.717) is 6.54 Å². The Bertz CT molecular complexity index is 1160. The Kier molecular flexibility index (Phi) is 5.50. The standard InChI is InChI=1S/C24H23N3O2S/c1-3-16(2)27-23(29)20(22(28)25-24(27)30)13-18-15-26(14-17-9-5-4-6-10-17)21-12-8-7-11-19(18)21/h4-13,15-16H,3,14H2,1-2H3,(H,25,28,30). The maximum atomic E-state index is 13.1. The van der Waals surface area contributed by atoms with Crippen LogP contribution in [0.15, 0.2) is 66.4 Å². The molecule has 1 saturated heterocycles. The summed E-state index contributed by atoms with van der Waals surface area (Å²) >= 11 is 5.24. The molecule has 1 unspecified atom stereocenters. The quantitative estimate of drug-likeness (QED) is 0.386. The maximum absolute atomic E-state index is 13.1. The fourth-order valence-corrected chi connectivity index (χ4v) is 4.07. The van der Waals surface area contributed by atoms with E-state index in [1.54, 1.807) is 6.08 Å². The van der Waals surface area contributed by atoms with Gasteiger partial charge in [-0.25, -0.2) is 0 Å². The molecule has 152 valence electrons. The van der Waals surface area contributed by atoms with Gasteiger partial charge in [-0.1, -0.05) is 55.5 Å². The smallest absolute Gasteiger partial charge is 0.265 e. The van der Waals surface area contributed by atoms with Crippen molar-refractivity contribution < 1.29 is 9.59 Å². The van der Waals surface area contributed by atoms with E-state index in [1.807, 2.05) is 62.5 Å². The molecule has 5 nitrogen and oxygen atoms in total. The number of hydrogen-bond acceptors (Lipinski definition) is 3. The van der Waals surface area contributed by atoms with Gasteiger partial charge in [-0.15, -0.1) is 0 Å². The lowest BCUT2D eigenvalue weighted by molar-refractivity contribution is -0.130. The zero-order chi connectivity index (χ0) is 21.3. The predicted octanol–water partition coefficient (Wildman–Crippen LogP) is 4.11. The second-order valence-electron chi connectivity index (χ2n) is 7.46. The van der Waals surface area contributed by atoms with E-state index >= 15 is 0 Å². The first-order valence-corrected chi connectivity index (χ1v) is 10.4. The number of nitrogens with one attached hydrogen (secondary N) is 1. The van der Waals surface area contributed by atoms with Gasteiger partial charge < -0.3 is 4.57 Å². The molecule has 1 atom stereocenters. The van der Waals surface area contributed by atoms with Crippen LogP contribution in [-0.2, 0) is 16.1 Å². The zero-order valence-electron chi connectivity index (χ0n) is 17.0. The van der Waals surface area contributed by atoms with Crippen molar-refractivity contribution in [1.29, 1.82) is 0 Å². The van der Waals surface area contributed by atoms with Crippen LogP contribution in [0, 0.1) is 0 Å². The van der Waals surface area contributed by atoms with Crippen molar-refractivity contribution in [2.45, 2.75) is 32.9 Å². The fourth-order valence-electron chi connectivity index (χ4n) is 3.71. The van der Waals surface area contributed by atoms with E-state index in [2.05, 4.69) is 22.0 Å². The van der Waals surface area contributed by atoms with Gasteiger partial charge in [0.2, 0.25) is 0 Å². The number of benzene rings is 2. The Morgan fingerprint density at radius 2 is 1.77 bits per heavy atom. The lowest BCUT2D eigenvalue weighted by atomic mass is 10.1. The molecule has 0 aliphatic carbocycles. The molecule has 1 fully saturated rings. The molecule has 1 aromatic heterocycles. The van der Waals surface area contributed by atoms with Crippen molar-refractivity contribution in [3.8, 4) is 0 Å². The molecule has 1 N–H and O–H groups in total. The second-order valence-corrected chi connectivity index (χ2v) is 7.85. The van der Waals surface area contributed by atoms with Crippen molar-refractivity contribution in [3.05, 3.63) is 77.5 Å². The van der Waals surface area contributed by atoms with E-state index in [1.165, 1.54) is 10.5 Å². The van der Waals surface area contributed by atoms with Gasteiger partial charge >= 0.3 is 0 Å². The summed E-state index contributed by atoms with van der Waals surface area (Å²) in [5, 5.41) is 3.82. The highest BCUT2D eigenvalue weighted by molar-refractivity contribution is 7.80. The number of nitrogens with zero attached hydrogens (tertiary/aromatic N) is 2. The van der Waals surface area contributed by atoms with Crippen molar-refractivity contribution in [1.82, 2.24) is 14.8 Å². The highest BCUT2D eigenvalue weighted by Crippen LogP contribution is 2.26. The molecule has 0 radical (unpaired) electrons. The van der Waals surface area contributed by atoms with Crippen LogP contribution < -0.4 is 5.32 Å². The number of hydrogen-bond donors (Lipinski definition) is 1. The number of rotatable bonds is 5. The largest absolute Gasteiger partial charge is 0.342 e. The number of thiocarbonyl (C=S) groups is 1. The third-order valence-corrected chi connectivity index (χ3v) is 5.78. The van der Waals surface area contributed by atoms with Crippen molar-refractivity contribution in [2.24, 2.45) is 0 Å². The van der Waals surface area contributed by atoms with Crippen LogP contribution >= 0.6 is 12.2 Å². The zero-order valence-corrected chi connectivity index (χ0v) is 17.8. The molecule has 2 heterocycles. The minimum absolute atomic E-state index is 0.0894. The molecule has 4 rings (SSSR count). The number of carbonyl (C=O) groups excluding carboxylic acids is 2. The number of fused-ring (bicyclic) bond motifs is 1. The van der Waals surface area contributed by atoms with Crippen molar-refractivity contribution >= 4 is 46.1 Å². The predicted molar refractivity (Wildman–Crippen MR) is 123 cm³/mol. The number of amides is 2. The van der Waals surface area contributed by atoms with Crippen LogP contribution in [0.25, 0.3) is 17.0 Å². The highest BCUT2D eigenvalue weighted by Gasteiger charge is 2.35. The molecular formula is C24H23N3O2S. The van der Waals surface area contributed by atoms with Crippen molar-refractivity contribution in [3.63, 3.8) is 0 Å². The Balaban J connectivity index is 1.77. The average Bonchev–Trinajstić information content (AvgIpc) is 3.09. The van der Waals surface area contributed by atoms with Gasteiger partial charge in [0.15, 0.2) is 5.11 Å². The van der Waals surface area contributed by atoms with Gasteiger partial charge in [0.05, 0.1) is 0 Å². The van der Waals surface area contributed by atoms with Crippen LogP contribution in [0.1, 0.15) is 31.4 Å². The fraction of sp³-hybridized carbons (Fsp3) is 0.208. The third kappa shape index (κ3) is 3.66. The number of carbonyl (C=O) groups is 2. The summed E-state index contributed by atoms with van der Waals surface area (Å²) in [6.45, 7) is 4.61. The van der Waals surface area contributed by atoms with E-state index in [-0.39, 0.29) is 22.6 Å². The molecule has 30 heavy (non-hydrogen) atoms. The Morgan fingerprint density at radius 1 is 1.07 bits per heavy atom. The Labute approximate surface area is 181 Å². The number of aromatic nitrogens is 1. The van der Waals surface area contributed by atoms with Crippen molar-refractivity contribution in [2.75, 3.05) is 0 Å². The van der Waals surface area contributed by atoms with Gasteiger partial charge in [0.1, 0.15) is 5.57 Å². The molecule has 0 saturated carbocycles. The van der Waals surface area contributed by atoms with Crippen LogP contribution in [0.5, 0.6) is 0 Å². The summed E-state index contributed by atoms with van der Waals surface area (Å²) in [4.78, 5) is 27.2. The van der Waals surface area contributed by atoms with E-state index in [0.717, 1.165) is 22.9 Å². The minimum Gasteiger partial charge on any atom is -0.342 e. The van der Waals surface area contributed by atoms with Gasteiger partial charge in [-0.05, 0) is 43.3 Å². The molecule has 2 aromatic carbocycles. The Morgan fingerprint density at radius 3 is 2.50 bits per heavy atom. The SMILES string of the molecule is CCC(C)N1C(=O)C(=Cc2cn(Cc3ccccc3)c3ccccc23)C(=O)NC1=S. The summed E-state index contributed by atoms with van der Waals surface area (Å²) in [5.74, 6) is -0.803. The molecule has 1 aliphatic rings. The summed E-state index contributed by atoms with van der Waals surface area (Å²) in [5.41, 5.74) is 3.16. The van der Waals surface area contributed by atoms with E-state index in [9.17, 15) is 9.59 Å². The summed E-state index contributed by atoms with van der Waals surface area (Å²) in [7, 11) is 0. The van der Waals surface area contributed by atoms with Gasteiger partial charge in [-0.2, -0.15) is 0 Å². The molecule has 2 amide bonds. The molecule has 3 aromatic rings. The normalized spacial score (nSPS) is 16.9. The first-order valence-electron chi connectivity index (χ1n) is 10.0. The number of para-hydroxylation sites is 1. The van der Waals surface area contributed by atoms with Gasteiger partial charge in [-0.3, -0.25) is 19.8 Å². The van der Waals surface area contributed by atoms with Gasteiger partial charge in [0, 0.05) is 35.2 Å². The first kappa shape index (κ1) is 20.0.